The van der Waals surface area contributed by atoms with Gasteiger partial charge in [0.15, 0.2) is 0 Å². The largest absolute Gasteiger partial charge is 0.469 e. The highest BCUT2D eigenvalue weighted by atomic mass is 16.5. The highest BCUT2D eigenvalue weighted by molar-refractivity contribution is 5.78. The molecule has 0 aromatic carbocycles. The number of nitriles is 1. The van der Waals surface area contributed by atoms with Crippen LogP contribution in [0.4, 0.5) is 0 Å². The van der Waals surface area contributed by atoms with Crippen LogP contribution in [-0.4, -0.2) is 18.1 Å². The van der Waals surface area contributed by atoms with Crippen LogP contribution in [0, 0.1) is 11.3 Å². The van der Waals surface area contributed by atoms with Gasteiger partial charge in [-0.25, -0.2) is 0 Å². The minimum atomic E-state index is -0.529. The summed E-state index contributed by atoms with van der Waals surface area (Å²) in [5.74, 6) is -0.932. The van der Waals surface area contributed by atoms with Crippen molar-refractivity contribution in [2.24, 2.45) is 0 Å². The molecule has 4 nitrogen and oxygen atoms in total. The molecule has 4 heteroatoms. The summed E-state index contributed by atoms with van der Waals surface area (Å²) < 4.78 is 4.60. The molecular weight excluding hydrogens is 180 g/mol. The normalized spacial score (nSPS) is 11.4. The maximum absolute atomic E-state index is 11.3. The number of nitrogens with zero attached hydrogens (tertiary/aromatic N) is 2. The van der Waals surface area contributed by atoms with Gasteiger partial charge in [-0.1, -0.05) is 6.07 Å². The fourth-order valence-electron chi connectivity index (χ4n) is 1.15. The van der Waals surface area contributed by atoms with Gasteiger partial charge in [-0.05, 0) is 11.6 Å². The Hall–Kier alpha value is -1.89. The Labute approximate surface area is 82.1 Å². The summed E-state index contributed by atoms with van der Waals surface area (Å²) >= 11 is 0. The van der Waals surface area contributed by atoms with Gasteiger partial charge in [0.05, 0.1) is 25.5 Å². The fraction of sp³-hybridized carbons (Fsp3) is 0.300. The number of carbonyl (C=O) groups is 1. The molecule has 72 valence electrons. The molecule has 0 amide bonds. The topological polar surface area (TPSA) is 63.0 Å². The maximum Gasteiger partial charge on any atom is 0.314 e. The van der Waals surface area contributed by atoms with E-state index in [-0.39, 0.29) is 6.42 Å². The molecule has 0 N–H and O–H groups in total. The third-order valence-corrected chi connectivity index (χ3v) is 1.87. The van der Waals surface area contributed by atoms with E-state index in [1.807, 2.05) is 6.07 Å². The SMILES string of the molecule is COC(=O)C(CC#N)c1cccnc1. The number of hydrogen-bond donors (Lipinski definition) is 0. The summed E-state index contributed by atoms with van der Waals surface area (Å²) in [6.45, 7) is 0. The highest BCUT2D eigenvalue weighted by Crippen LogP contribution is 2.19. The lowest BCUT2D eigenvalue weighted by atomic mass is 9.98. The monoisotopic (exact) mass is 190 g/mol. The molecule has 0 radical (unpaired) electrons. The van der Waals surface area contributed by atoms with Gasteiger partial charge in [0.1, 0.15) is 0 Å². The van der Waals surface area contributed by atoms with E-state index >= 15 is 0 Å². The van der Waals surface area contributed by atoms with Crippen LogP contribution in [0.25, 0.3) is 0 Å². The van der Waals surface area contributed by atoms with Gasteiger partial charge >= 0.3 is 5.97 Å². The molecule has 1 unspecified atom stereocenters. The first kappa shape index (κ1) is 10.2. The van der Waals surface area contributed by atoms with E-state index in [9.17, 15) is 4.79 Å². The number of rotatable bonds is 3. The van der Waals surface area contributed by atoms with Gasteiger partial charge in [0.2, 0.25) is 0 Å². The van der Waals surface area contributed by atoms with E-state index in [1.54, 1.807) is 24.5 Å². The van der Waals surface area contributed by atoms with Crippen molar-refractivity contribution in [2.75, 3.05) is 7.11 Å². The van der Waals surface area contributed by atoms with Crippen molar-refractivity contribution in [3.63, 3.8) is 0 Å². The third-order valence-electron chi connectivity index (χ3n) is 1.87. The molecule has 0 fully saturated rings. The Bertz CT molecular complexity index is 343. The first-order valence-electron chi connectivity index (χ1n) is 4.14. The summed E-state index contributed by atoms with van der Waals surface area (Å²) in [6, 6.07) is 5.43. The molecule has 0 saturated heterocycles. The van der Waals surface area contributed by atoms with Gasteiger partial charge in [-0.3, -0.25) is 9.78 Å². The van der Waals surface area contributed by atoms with Crippen LogP contribution in [0.2, 0.25) is 0 Å². The lowest BCUT2D eigenvalue weighted by molar-refractivity contribution is -0.142. The highest BCUT2D eigenvalue weighted by Gasteiger charge is 2.20. The molecule has 14 heavy (non-hydrogen) atoms. The summed E-state index contributed by atoms with van der Waals surface area (Å²) in [5, 5.41) is 8.56. The number of aromatic nitrogens is 1. The van der Waals surface area contributed by atoms with Crippen molar-refractivity contribution in [1.82, 2.24) is 4.98 Å². The van der Waals surface area contributed by atoms with Crippen molar-refractivity contribution in [1.29, 1.82) is 5.26 Å². The average Bonchev–Trinajstić information content (AvgIpc) is 2.26. The zero-order chi connectivity index (χ0) is 10.4. The lowest BCUT2D eigenvalue weighted by Gasteiger charge is -2.10. The van der Waals surface area contributed by atoms with Crippen LogP contribution in [0.5, 0.6) is 0 Å². The van der Waals surface area contributed by atoms with Crippen molar-refractivity contribution >= 4 is 5.97 Å². The molecule has 0 aliphatic carbocycles. The molecule has 1 heterocycles. The van der Waals surface area contributed by atoms with Crippen LogP contribution in [0.3, 0.4) is 0 Å². The number of ether oxygens (including phenoxy) is 1. The molecule has 0 saturated carbocycles. The Kier molecular flexibility index (Phi) is 3.62. The minimum Gasteiger partial charge on any atom is -0.469 e. The molecule has 1 rings (SSSR count). The smallest absolute Gasteiger partial charge is 0.314 e. The summed E-state index contributed by atoms with van der Waals surface area (Å²) in [4.78, 5) is 15.2. The molecule has 0 bridgehead atoms. The summed E-state index contributed by atoms with van der Waals surface area (Å²) in [5.41, 5.74) is 0.709. The fourth-order valence-corrected chi connectivity index (χ4v) is 1.15. The van der Waals surface area contributed by atoms with Crippen LogP contribution in [0.1, 0.15) is 17.9 Å². The maximum atomic E-state index is 11.3. The van der Waals surface area contributed by atoms with Crippen molar-refractivity contribution in [3.05, 3.63) is 30.1 Å². The van der Waals surface area contributed by atoms with Crippen LogP contribution in [0.15, 0.2) is 24.5 Å². The van der Waals surface area contributed by atoms with Crippen LogP contribution in [-0.2, 0) is 9.53 Å². The standard InChI is InChI=1S/C10H10N2O2/c1-14-10(13)9(4-5-11)8-3-2-6-12-7-8/h2-3,6-7,9H,4H2,1H3. The van der Waals surface area contributed by atoms with E-state index in [0.717, 1.165) is 0 Å². The van der Waals surface area contributed by atoms with Crippen LogP contribution < -0.4 is 0 Å². The Morgan fingerprint density at radius 3 is 3.07 bits per heavy atom. The van der Waals surface area contributed by atoms with Crippen LogP contribution >= 0.6 is 0 Å². The lowest BCUT2D eigenvalue weighted by Crippen LogP contribution is -2.13. The van der Waals surface area contributed by atoms with Gasteiger partial charge in [-0.15, -0.1) is 0 Å². The second-order valence-electron chi connectivity index (χ2n) is 2.72. The third kappa shape index (κ3) is 2.30. The van der Waals surface area contributed by atoms with Crippen molar-refractivity contribution < 1.29 is 9.53 Å². The quantitative estimate of drug-likeness (QED) is 0.673. The molecule has 1 atom stereocenters. The first-order chi connectivity index (χ1) is 6.79. The van der Waals surface area contributed by atoms with E-state index in [4.69, 9.17) is 5.26 Å². The molecule has 1 aromatic heterocycles. The molecule has 0 spiro atoms. The number of carbonyl (C=O) groups excluding carboxylic acids is 1. The van der Waals surface area contributed by atoms with Crippen molar-refractivity contribution in [2.45, 2.75) is 12.3 Å². The van der Waals surface area contributed by atoms with Gasteiger partial charge < -0.3 is 4.74 Å². The zero-order valence-electron chi connectivity index (χ0n) is 7.80. The zero-order valence-corrected chi connectivity index (χ0v) is 7.80. The number of methoxy groups -OCH3 is 1. The summed E-state index contributed by atoms with van der Waals surface area (Å²) in [6.07, 6.45) is 3.29. The second kappa shape index (κ2) is 4.97. The van der Waals surface area contributed by atoms with E-state index in [1.165, 1.54) is 7.11 Å². The molecular formula is C10H10N2O2. The number of pyridine rings is 1. The van der Waals surface area contributed by atoms with E-state index < -0.39 is 11.9 Å². The molecule has 1 aromatic rings. The van der Waals surface area contributed by atoms with E-state index in [2.05, 4.69) is 9.72 Å². The Balaban J connectivity index is 2.90. The van der Waals surface area contributed by atoms with E-state index in [0.29, 0.717) is 5.56 Å². The molecule has 0 aliphatic rings. The summed E-state index contributed by atoms with van der Waals surface area (Å²) in [7, 11) is 1.31. The Morgan fingerprint density at radius 2 is 2.57 bits per heavy atom. The minimum absolute atomic E-state index is 0.109. The molecule has 0 aliphatic heterocycles. The van der Waals surface area contributed by atoms with Gasteiger partial charge in [0.25, 0.3) is 0 Å². The second-order valence-corrected chi connectivity index (χ2v) is 2.72. The predicted octanol–water partition coefficient (Wildman–Crippen LogP) is 1.25. The van der Waals surface area contributed by atoms with Crippen molar-refractivity contribution in [3.8, 4) is 6.07 Å². The predicted molar refractivity (Wildman–Crippen MR) is 49.2 cm³/mol. The number of hydrogen-bond acceptors (Lipinski definition) is 4. The number of esters is 1. The van der Waals surface area contributed by atoms with Gasteiger partial charge in [0, 0.05) is 12.4 Å². The Morgan fingerprint density at radius 1 is 1.79 bits per heavy atom. The van der Waals surface area contributed by atoms with Gasteiger partial charge in [-0.2, -0.15) is 5.26 Å². The average molecular weight is 190 g/mol. The first-order valence-corrected chi connectivity index (χ1v) is 4.14.